The summed E-state index contributed by atoms with van der Waals surface area (Å²) in [5, 5.41) is 11.3. The predicted molar refractivity (Wildman–Crippen MR) is 96.7 cm³/mol. The van der Waals surface area contributed by atoms with Crippen LogP contribution in [-0.4, -0.2) is 32.6 Å². The zero-order chi connectivity index (χ0) is 18.7. The number of benzene rings is 1. The Bertz CT molecular complexity index is 1010. The molecule has 0 bridgehead atoms. The van der Waals surface area contributed by atoms with E-state index in [9.17, 15) is 9.59 Å². The number of aromatic nitrogens is 4. The third kappa shape index (κ3) is 3.64. The van der Waals surface area contributed by atoms with Gasteiger partial charge in [0.1, 0.15) is 12.3 Å². The van der Waals surface area contributed by atoms with Gasteiger partial charge >= 0.3 is 0 Å². The van der Waals surface area contributed by atoms with Crippen LogP contribution in [0.2, 0.25) is 0 Å². The summed E-state index contributed by atoms with van der Waals surface area (Å²) in [5.41, 5.74) is 1.89. The van der Waals surface area contributed by atoms with Crippen LogP contribution < -0.4 is 15.6 Å². The van der Waals surface area contributed by atoms with Gasteiger partial charge in [-0.25, -0.2) is 9.36 Å². The zero-order valence-corrected chi connectivity index (χ0v) is 14.8. The van der Waals surface area contributed by atoms with Crippen molar-refractivity contribution in [3.63, 3.8) is 0 Å². The van der Waals surface area contributed by atoms with Crippen molar-refractivity contribution in [2.75, 3.05) is 12.4 Å². The molecule has 1 aromatic carbocycles. The molecule has 26 heavy (non-hydrogen) atoms. The summed E-state index contributed by atoms with van der Waals surface area (Å²) in [6, 6.07) is 11.9. The second kappa shape index (κ2) is 7.22. The Balaban J connectivity index is 1.83. The first-order chi connectivity index (χ1) is 12.5. The summed E-state index contributed by atoms with van der Waals surface area (Å²) in [6.07, 6.45) is 0. The quantitative estimate of drug-likeness (QED) is 0.754. The molecule has 2 heterocycles. The largest absolute Gasteiger partial charge is 0.495 e. The summed E-state index contributed by atoms with van der Waals surface area (Å²) < 4.78 is 7.94. The van der Waals surface area contributed by atoms with Crippen molar-refractivity contribution >= 4 is 11.6 Å². The molecule has 2 aromatic heterocycles. The van der Waals surface area contributed by atoms with Crippen LogP contribution in [0.25, 0.3) is 5.82 Å². The van der Waals surface area contributed by atoms with Crippen molar-refractivity contribution in [2.45, 2.75) is 20.4 Å². The minimum absolute atomic E-state index is 0.218. The van der Waals surface area contributed by atoms with Crippen LogP contribution in [-0.2, 0) is 11.3 Å². The molecular weight excluding hydrogens is 334 g/mol. The van der Waals surface area contributed by atoms with Crippen molar-refractivity contribution in [1.82, 2.24) is 19.6 Å². The van der Waals surface area contributed by atoms with Crippen molar-refractivity contribution in [1.29, 1.82) is 0 Å². The summed E-state index contributed by atoms with van der Waals surface area (Å²) in [5.74, 6) is 0.632. The molecule has 0 fully saturated rings. The van der Waals surface area contributed by atoms with E-state index in [0.717, 1.165) is 16.1 Å². The van der Waals surface area contributed by atoms with E-state index in [0.29, 0.717) is 17.3 Å². The van der Waals surface area contributed by atoms with Gasteiger partial charge in [0.25, 0.3) is 5.56 Å². The van der Waals surface area contributed by atoms with Gasteiger partial charge in [-0.05, 0) is 38.1 Å². The van der Waals surface area contributed by atoms with E-state index >= 15 is 0 Å². The van der Waals surface area contributed by atoms with Crippen molar-refractivity contribution in [3.8, 4) is 11.6 Å². The van der Waals surface area contributed by atoms with Gasteiger partial charge in [0, 0.05) is 11.8 Å². The molecule has 8 heteroatoms. The van der Waals surface area contributed by atoms with E-state index in [2.05, 4.69) is 15.5 Å². The van der Waals surface area contributed by atoms with Crippen molar-refractivity contribution in [3.05, 3.63) is 64.2 Å². The molecular formula is C18H19N5O3. The number of aryl methyl sites for hydroxylation is 2. The molecule has 8 nitrogen and oxygen atoms in total. The Morgan fingerprint density at radius 3 is 2.62 bits per heavy atom. The van der Waals surface area contributed by atoms with Crippen LogP contribution in [0.5, 0.6) is 5.75 Å². The molecule has 1 amide bonds. The van der Waals surface area contributed by atoms with Gasteiger partial charge in [-0.15, -0.1) is 5.10 Å². The molecule has 3 aromatic rings. The Morgan fingerprint density at radius 2 is 1.92 bits per heavy atom. The number of carbonyl (C=O) groups excluding carboxylic acids is 1. The van der Waals surface area contributed by atoms with Gasteiger partial charge in [-0.2, -0.15) is 5.10 Å². The number of ether oxygens (including phenoxy) is 1. The Hall–Kier alpha value is -3.42. The smallest absolute Gasteiger partial charge is 0.267 e. The summed E-state index contributed by atoms with van der Waals surface area (Å²) in [6.45, 7) is 3.55. The van der Waals surface area contributed by atoms with Crippen molar-refractivity contribution < 1.29 is 9.53 Å². The van der Waals surface area contributed by atoms with Gasteiger partial charge in [-0.3, -0.25) is 9.59 Å². The lowest BCUT2D eigenvalue weighted by Gasteiger charge is -2.11. The third-order valence-corrected chi connectivity index (χ3v) is 3.75. The SMILES string of the molecule is COc1ccccc1NC(=O)Cn1nc(-n2nc(C)cc2C)ccc1=O. The summed E-state index contributed by atoms with van der Waals surface area (Å²) in [4.78, 5) is 24.4. The minimum Gasteiger partial charge on any atom is -0.495 e. The Kier molecular flexibility index (Phi) is 4.83. The highest BCUT2D eigenvalue weighted by atomic mass is 16.5. The standard InChI is InChI=1S/C18H19N5O3/c1-12-10-13(2)23(20-12)16-8-9-18(25)22(21-16)11-17(24)19-14-6-4-5-7-15(14)26-3/h4-10H,11H2,1-3H3,(H,19,24). The van der Waals surface area contributed by atoms with E-state index in [1.165, 1.54) is 13.2 Å². The fraction of sp³-hybridized carbons (Fsp3) is 0.222. The maximum atomic E-state index is 12.3. The summed E-state index contributed by atoms with van der Waals surface area (Å²) in [7, 11) is 1.52. The van der Waals surface area contributed by atoms with Gasteiger partial charge in [0.2, 0.25) is 5.91 Å². The third-order valence-electron chi connectivity index (χ3n) is 3.75. The van der Waals surface area contributed by atoms with Gasteiger partial charge in [0.15, 0.2) is 5.82 Å². The molecule has 0 aliphatic carbocycles. The van der Waals surface area contributed by atoms with E-state index in [1.54, 1.807) is 35.0 Å². The number of amides is 1. The highest BCUT2D eigenvalue weighted by Gasteiger charge is 2.12. The molecule has 134 valence electrons. The van der Waals surface area contributed by atoms with Gasteiger partial charge < -0.3 is 10.1 Å². The molecule has 0 saturated heterocycles. The van der Waals surface area contributed by atoms with Crippen LogP contribution in [0.3, 0.4) is 0 Å². The zero-order valence-electron chi connectivity index (χ0n) is 14.8. The van der Waals surface area contributed by atoms with Crippen molar-refractivity contribution in [2.24, 2.45) is 0 Å². The van der Waals surface area contributed by atoms with Crippen LogP contribution in [0, 0.1) is 13.8 Å². The normalized spacial score (nSPS) is 10.6. The lowest BCUT2D eigenvalue weighted by Crippen LogP contribution is -2.30. The molecule has 0 radical (unpaired) electrons. The molecule has 3 rings (SSSR count). The van der Waals surface area contributed by atoms with E-state index < -0.39 is 0 Å². The van der Waals surface area contributed by atoms with Crippen LogP contribution in [0.4, 0.5) is 5.69 Å². The van der Waals surface area contributed by atoms with E-state index in [-0.39, 0.29) is 18.0 Å². The number of hydrogen-bond acceptors (Lipinski definition) is 5. The first-order valence-electron chi connectivity index (χ1n) is 8.02. The minimum atomic E-state index is -0.380. The van der Waals surface area contributed by atoms with Crippen LogP contribution >= 0.6 is 0 Å². The number of rotatable bonds is 5. The second-order valence-electron chi connectivity index (χ2n) is 5.77. The van der Waals surface area contributed by atoms with E-state index in [4.69, 9.17) is 4.74 Å². The first-order valence-corrected chi connectivity index (χ1v) is 8.02. The topological polar surface area (TPSA) is 91.0 Å². The fourth-order valence-electron chi connectivity index (χ4n) is 2.60. The number of para-hydroxylation sites is 2. The average molecular weight is 353 g/mol. The number of carbonyl (C=O) groups is 1. The number of methoxy groups -OCH3 is 1. The average Bonchev–Trinajstić information content (AvgIpc) is 2.95. The highest BCUT2D eigenvalue weighted by Crippen LogP contribution is 2.22. The number of hydrogen-bond donors (Lipinski definition) is 1. The van der Waals surface area contributed by atoms with Gasteiger partial charge in [0.05, 0.1) is 18.5 Å². The maximum Gasteiger partial charge on any atom is 0.267 e. The number of nitrogens with zero attached hydrogens (tertiary/aromatic N) is 4. The molecule has 0 unspecified atom stereocenters. The monoisotopic (exact) mass is 353 g/mol. The van der Waals surface area contributed by atoms with E-state index in [1.807, 2.05) is 19.9 Å². The predicted octanol–water partition coefficient (Wildman–Crippen LogP) is 1.69. The highest BCUT2D eigenvalue weighted by molar-refractivity contribution is 5.92. The molecule has 0 spiro atoms. The molecule has 0 aliphatic heterocycles. The second-order valence-corrected chi connectivity index (χ2v) is 5.77. The molecule has 0 atom stereocenters. The van der Waals surface area contributed by atoms with Crippen LogP contribution in [0.15, 0.2) is 47.3 Å². The summed E-state index contributed by atoms with van der Waals surface area (Å²) >= 11 is 0. The maximum absolute atomic E-state index is 12.3. The Labute approximate surface area is 150 Å². The fourth-order valence-corrected chi connectivity index (χ4v) is 2.60. The lowest BCUT2D eigenvalue weighted by molar-refractivity contribution is -0.117. The molecule has 1 N–H and O–H groups in total. The van der Waals surface area contributed by atoms with Gasteiger partial charge in [-0.1, -0.05) is 12.1 Å². The molecule has 0 aliphatic rings. The number of nitrogens with one attached hydrogen (secondary N) is 1. The lowest BCUT2D eigenvalue weighted by atomic mass is 10.3. The van der Waals surface area contributed by atoms with Crippen LogP contribution in [0.1, 0.15) is 11.4 Å². The number of anilines is 1. The molecule has 0 saturated carbocycles. The Morgan fingerprint density at radius 1 is 1.15 bits per heavy atom. The first kappa shape index (κ1) is 17.4.